The van der Waals surface area contributed by atoms with E-state index in [1.165, 1.54) is 0 Å². The maximum Gasteiger partial charge on any atom is 0.405 e. The lowest BCUT2D eigenvalue weighted by atomic mass is 10.2. The smallest absolute Gasteiger partial charge is 0.405 e. The third-order valence-electron chi connectivity index (χ3n) is 4.42. The average Bonchev–Trinajstić information content (AvgIpc) is 2.80. The van der Waals surface area contributed by atoms with Gasteiger partial charge in [-0.25, -0.2) is 9.78 Å². The molecule has 2 aromatic heterocycles. The zero-order chi connectivity index (χ0) is 20.5. The summed E-state index contributed by atoms with van der Waals surface area (Å²) in [4.78, 5) is 41.6. The molecule has 3 rings (SSSR count). The van der Waals surface area contributed by atoms with Crippen LogP contribution in [0.1, 0.15) is 40.3 Å². The van der Waals surface area contributed by atoms with Gasteiger partial charge in [-0.3, -0.25) is 14.2 Å². The van der Waals surface area contributed by atoms with Gasteiger partial charge in [-0.1, -0.05) is 6.42 Å². The summed E-state index contributed by atoms with van der Waals surface area (Å²) in [6.45, 7) is -0.180. The largest absolute Gasteiger partial charge is 0.451 e. The number of rotatable bonds is 4. The molecule has 7 nitrogen and oxygen atoms in total. The van der Waals surface area contributed by atoms with Crippen molar-refractivity contribution in [3.8, 4) is 0 Å². The Balaban J connectivity index is 1.79. The molecule has 0 bridgehead atoms. The van der Waals surface area contributed by atoms with Gasteiger partial charge in [0, 0.05) is 13.0 Å². The molecular formula is C17H18F3N3O4S. The van der Waals surface area contributed by atoms with E-state index in [2.05, 4.69) is 4.98 Å². The second-order valence-electron chi connectivity index (χ2n) is 6.50. The molecule has 152 valence electrons. The van der Waals surface area contributed by atoms with Crippen LogP contribution in [0, 0.1) is 6.92 Å². The first-order valence-corrected chi connectivity index (χ1v) is 9.52. The van der Waals surface area contributed by atoms with E-state index in [0.717, 1.165) is 30.6 Å². The number of ether oxygens (including phenoxy) is 1. The predicted octanol–water partition coefficient (Wildman–Crippen LogP) is 2.33. The van der Waals surface area contributed by atoms with Crippen molar-refractivity contribution in [3.63, 3.8) is 0 Å². The number of amides is 1. The lowest BCUT2D eigenvalue weighted by Gasteiger charge is -2.08. The second kappa shape index (κ2) is 7.90. The van der Waals surface area contributed by atoms with Crippen LogP contribution in [-0.4, -0.2) is 40.8 Å². The highest BCUT2D eigenvalue weighted by atomic mass is 32.1. The zero-order valence-electron chi connectivity index (χ0n) is 15.0. The third-order valence-corrected chi connectivity index (χ3v) is 5.58. The lowest BCUT2D eigenvalue weighted by molar-refractivity contribution is -0.140. The summed E-state index contributed by atoms with van der Waals surface area (Å²) in [5.74, 6) is -1.25. The molecule has 11 heteroatoms. The normalized spacial score (nSPS) is 14.4. The van der Waals surface area contributed by atoms with Crippen molar-refractivity contribution in [2.45, 2.75) is 45.3 Å². The number of carbonyl (C=O) groups is 2. The Morgan fingerprint density at radius 1 is 1.29 bits per heavy atom. The average molecular weight is 417 g/mol. The molecule has 3 heterocycles. The van der Waals surface area contributed by atoms with E-state index in [9.17, 15) is 27.6 Å². The first kappa shape index (κ1) is 20.3. The summed E-state index contributed by atoms with van der Waals surface area (Å²) in [5.41, 5.74) is 0.190. The number of nitrogens with one attached hydrogen (secondary N) is 1. The van der Waals surface area contributed by atoms with Crippen molar-refractivity contribution in [2.75, 3.05) is 13.2 Å². The number of fused-ring (bicyclic) bond motifs is 2. The molecule has 1 aliphatic rings. The number of esters is 1. The van der Waals surface area contributed by atoms with Crippen LogP contribution in [0.15, 0.2) is 4.79 Å². The van der Waals surface area contributed by atoms with Crippen molar-refractivity contribution < 1.29 is 27.5 Å². The number of aryl methyl sites for hydroxylation is 2. The van der Waals surface area contributed by atoms with Gasteiger partial charge >= 0.3 is 12.1 Å². The van der Waals surface area contributed by atoms with Crippen LogP contribution in [0.25, 0.3) is 10.2 Å². The summed E-state index contributed by atoms with van der Waals surface area (Å²) in [7, 11) is 0. The molecule has 0 unspecified atom stereocenters. The topological polar surface area (TPSA) is 90.3 Å². The molecule has 0 spiro atoms. The lowest BCUT2D eigenvalue weighted by Crippen LogP contribution is -2.36. The molecule has 1 N–H and O–H groups in total. The van der Waals surface area contributed by atoms with E-state index in [1.54, 1.807) is 16.8 Å². The van der Waals surface area contributed by atoms with Crippen molar-refractivity contribution in [2.24, 2.45) is 0 Å². The van der Waals surface area contributed by atoms with E-state index < -0.39 is 31.2 Å². The zero-order valence-corrected chi connectivity index (χ0v) is 15.8. The first-order chi connectivity index (χ1) is 13.2. The summed E-state index contributed by atoms with van der Waals surface area (Å²) in [6.07, 6.45) is -1.03. The number of thiophene rings is 1. The van der Waals surface area contributed by atoms with Crippen LogP contribution in [0.4, 0.5) is 13.2 Å². The maximum absolute atomic E-state index is 12.8. The summed E-state index contributed by atoms with van der Waals surface area (Å²) >= 11 is 0.984. The van der Waals surface area contributed by atoms with E-state index in [0.29, 0.717) is 34.6 Å². The van der Waals surface area contributed by atoms with E-state index in [1.807, 2.05) is 0 Å². The van der Waals surface area contributed by atoms with Crippen molar-refractivity contribution >= 4 is 33.4 Å². The molecule has 0 aliphatic carbocycles. The van der Waals surface area contributed by atoms with Gasteiger partial charge in [0.1, 0.15) is 22.1 Å². The summed E-state index contributed by atoms with van der Waals surface area (Å²) in [5, 5.41) is 1.96. The second-order valence-corrected chi connectivity index (χ2v) is 7.50. The molecule has 28 heavy (non-hydrogen) atoms. The number of hydrogen-bond acceptors (Lipinski definition) is 6. The molecule has 1 amide bonds. The number of nitrogens with zero attached hydrogens (tertiary/aromatic N) is 2. The fourth-order valence-corrected chi connectivity index (χ4v) is 4.14. The van der Waals surface area contributed by atoms with Crippen LogP contribution in [0.2, 0.25) is 0 Å². The van der Waals surface area contributed by atoms with Crippen LogP contribution < -0.4 is 10.9 Å². The van der Waals surface area contributed by atoms with Gasteiger partial charge in [0.25, 0.3) is 11.5 Å². The first-order valence-electron chi connectivity index (χ1n) is 8.71. The van der Waals surface area contributed by atoms with Gasteiger partial charge in [-0.2, -0.15) is 13.2 Å². The minimum absolute atomic E-state index is 0.115. The molecular weight excluding hydrogens is 399 g/mol. The number of carbonyl (C=O) groups excluding carboxylic acids is 2. The fourth-order valence-electron chi connectivity index (χ4n) is 3.05. The minimum Gasteiger partial charge on any atom is -0.451 e. The maximum atomic E-state index is 12.8. The van der Waals surface area contributed by atoms with Gasteiger partial charge in [0.15, 0.2) is 6.61 Å². The quantitative estimate of drug-likeness (QED) is 0.772. The molecule has 1 aliphatic heterocycles. The Morgan fingerprint density at radius 2 is 2.04 bits per heavy atom. The molecule has 2 aromatic rings. The summed E-state index contributed by atoms with van der Waals surface area (Å²) < 4.78 is 42.7. The third kappa shape index (κ3) is 4.34. The van der Waals surface area contributed by atoms with Gasteiger partial charge in [0.05, 0.1) is 5.39 Å². The monoisotopic (exact) mass is 417 g/mol. The molecule has 0 atom stereocenters. The standard InChI is InChI=1S/C17H18F3N3O4S/c1-9-12-14(22-10-5-3-2-4-6-23(10)15(12)25)28-13(9)16(26)27-7-11(24)21-8-17(18,19)20/h2-8H2,1H3,(H,21,24). The Bertz CT molecular complexity index is 981. The number of hydrogen-bond donors (Lipinski definition) is 1. The fraction of sp³-hybridized carbons (Fsp3) is 0.529. The Hall–Kier alpha value is -2.43. The minimum atomic E-state index is -4.55. The highest BCUT2D eigenvalue weighted by molar-refractivity contribution is 7.20. The van der Waals surface area contributed by atoms with E-state index in [4.69, 9.17) is 4.74 Å². The highest BCUT2D eigenvalue weighted by Gasteiger charge is 2.28. The molecule has 0 saturated carbocycles. The number of halogens is 3. The van der Waals surface area contributed by atoms with Crippen molar-refractivity contribution in [3.05, 3.63) is 26.6 Å². The van der Waals surface area contributed by atoms with Gasteiger partial charge < -0.3 is 10.1 Å². The summed E-state index contributed by atoms with van der Waals surface area (Å²) in [6, 6.07) is 0. The van der Waals surface area contributed by atoms with E-state index >= 15 is 0 Å². The molecule has 0 saturated heterocycles. The molecule has 0 aromatic carbocycles. The van der Waals surface area contributed by atoms with Gasteiger partial charge in [-0.15, -0.1) is 11.3 Å². The van der Waals surface area contributed by atoms with Crippen LogP contribution in [-0.2, 0) is 22.5 Å². The number of aromatic nitrogens is 2. The van der Waals surface area contributed by atoms with Crippen LogP contribution in [0.3, 0.4) is 0 Å². The Labute approximate surface area is 161 Å². The predicted molar refractivity (Wildman–Crippen MR) is 95.5 cm³/mol. The van der Waals surface area contributed by atoms with Crippen LogP contribution >= 0.6 is 11.3 Å². The van der Waals surface area contributed by atoms with Gasteiger partial charge in [0.2, 0.25) is 0 Å². The number of alkyl halides is 3. The molecule has 0 radical (unpaired) electrons. The highest BCUT2D eigenvalue weighted by Crippen LogP contribution is 2.29. The Morgan fingerprint density at radius 3 is 2.75 bits per heavy atom. The van der Waals surface area contributed by atoms with Gasteiger partial charge in [-0.05, 0) is 25.3 Å². The SMILES string of the molecule is Cc1c(C(=O)OCC(=O)NCC(F)(F)F)sc2nc3n(c(=O)c12)CCCCC3. The van der Waals surface area contributed by atoms with Crippen molar-refractivity contribution in [1.82, 2.24) is 14.9 Å². The van der Waals surface area contributed by atoms with Crippen LogP contribution in [0.5, 0.6) is 0 Å². The van der Waals surface area contributed by atoms with E-state index in [-0.39, 0.29) is 10.4 Å². The Kier molecular flexibility index (Phi) is 5.73. The molecule has 0 fully saturated rings. The van der Waals surface area contributed by atoms with Crippen molar-refractivity contribution in [1.29, 1.82) is 0 Å².